The van der Waals surface area contributed by atoms with Crippen LogP contribution in [0, 0.1) is 0 Å². The van der Waals surface area contributed by atoms with Crippen LogP contribution < -0.4 is 0 Å². The van der Waals surface area contributed by atoms with E-state index in [1.54, 1.807) is 21.8 Å². The van der Waals surface area contributed by atoms with Crippen LogP contribution in [0.5, 0.6) is 0 Å². The van der Waals surface area contributed by atoms with E-state index in [9.17, 15) is 9.90 Å². The molecule has 3 rings (SSSR count). The van der Waals surface area contributed by atoms with Gasteiger partial charge in [0, 0.05) is 12.6 Å². The molecule has 0 aliphatic carbocycles. The Bertz CT molecular complexity index is 650. The molecule has 1 aliphatic rings. The van der Waals surface area contributed by atoms with Crippen LogP contribution in [0.1, 0.15) is 48.8 Å². The van der Waals surface area contributed by atoms with E-state index in [1.165, 1.54) is 12.5 Å². The maximum atomic E-state index is 12.4. The first-order valence-corrected chi connectivity index (χ1v) is 7.46. The van der Waals surface area contributed by atoms with Crippen LogP contribution in [0.3, 0.4) is 0 Å². The number of amides is 1. The van der Waals surface area contributed by atoms with Gasteiger partial charge in [0.05, 0.1) is 24.6 Å². The predicted octanol–water partition coefficient (Wildman–Crippen LogP) is 1.58. The fourth-order valence-electron chi connectivity index (χ4n) is 2.73. The summed E-state index contributed by atoms with van der Waals surface area (Å²) in [7, 11) is 0. The number of likely N-dealkylation sites (tertiary alicyclic amines) is 1. The number of hydrogen-bond acceptors (Lipinski definition) is 5. The van der Waals surface area contributed by atoms with E-state index < -0.39 is 5.60 Å². The molecule has 0 bridgehead atoms. The summed E-state index contributed by atoms with van der Waals surface area (Å²) < 4.78 is 6.67. The highest BCUT2D eigenvalue weighted by Gasteiger charge is 2.39. The maximum Gasteiger partial charge on any atom is 0.257 e. The van der Waals surface area contributed by atoms with Crippen LogP contribution in [0.25, 0.3) is 0 Å². The summed E-state index contributed by atoms with van der Waals surface area (Å²) in [4.78, 5) is 14.0. The molecule has 1 aliphatic heterocycles. The Morgan fingerprint density at radius 2 is 2.32 bits per heavy atom. The lowest BCUT2D eigenvalue weighted by Gasteiger charge is -2.37. The van der Waals surface area contributed by atoms with Crippen LogP contribution in [-0.2, 0) is 5.60 Å². The van der Waals surface area contributed by atoms with Crippen molar-refractivity contribution in [2.24, 2.45) is 0 Å². The molecule has 1 N–H and O–H groups in total. The molecule has 1 atom stereocenters. The predicted molar refractivity (Wildman–Crippen MR) is 78.1 cm³/mol. The molecular formula is C15H20N4O3. The molecule has 0 unspecified atom stereocenters. The molecule has 7 heteroatoms. The number of β-amino-alcohol motifs (C(OH)–C–C–N with tert-alkyl or cyclic N) is 1. The minimum atomic E-state index is -1.15. The van der Waals surface area contributed by atoms with Gasteiger partial charge in [-0.15, -0.1) is 5.10 Å². The van der Waals surface area contributed by atoms with Gasteiger partial charge in [-0.2, -0.15) is 0 Å². The molecule has 1 fully saturated rings. The second-order valence-corrected chi connectivity index (χ2v) is 6.05. The molecule has 0 aromatic carbocycles. The molecule has 22 heavy (non-hydrogen) atoms. The van der Waals surface area contributed by atoms with Gasteiger partial charge in [0.1, 0.15) is 17.6 Å². The second kappa shape index (κ2) is 5.57. The average molecular weight is 304 g/mol. The number of hydrogen-bond donors (Lipinski definition) is 1. The summed E-state index contributed by atoms with van der Waals surface area (Å²) in [6, 6.07) is 1.81. The molecule has 1 amide bonds. The van der Waals surface area contributed by atoms with Crippen molar-refractivity contribution < 1.29 is 14.3 Å². The van der Waals surface area contributed by atoms with Gasteiger partial charge in [-0.25, -0.2) is 4.68 Å². The molecule has 2 aromatic heterocycles. The van der Waals surface area contributed by atoms with Crippen molar-refractivity contribution in [2.75, 3.05) is 13.1 Å². The van der Waals surface area contributed by atoms with Gasteiger partial charge < -0.3 is 14.4 Å². The third-order valence-corrected chi connectivity index (χ3v) is 4.04. The number of aromatic nitrogens is 3. The van der Waals surface area contributed by atoms with E-state index in [4.69, 9.17) is 4.42 Å². The molecule has 0 radical (unpaired) electrons. The minimum Gasteiger partial charge on any atom is -0.472 e. The summed E-state index contributed by atoms with van der Waals surface area (Å²) in [5.74, 6) is -0.136. The van der Waals surface area contributed by atoms with Crippen LogP contribution in [0.15, 0.2) is 29.2 Å². The monoisotopic (exact) mass is 304 g/mol. The van der Waals surface area contributed by atoms with E-state index in [1.807, 2.05) is 13.8 Å². The van der Waals surface area contributed by atoms with Crippen LogP contribution in [0.4, 0.5) is 0 Å². The lowest BCUT2D eigenvalue weighted by atomic mass is 9.89. The summed E-state index contributed by atoms with van der Waals surface area (Å²) >= 11 is 0. The van der Waals surface area contributed by atoms with Crippen molar-refractivity contribution in [1.82, 2.24) is 19.9 Å². The number of piperidine rings is 1. The normalized spacial score (nSPS) is 22.3. The third kappa shape index (κ3) is 2.64. The van der Waals surface area contributed by atoms with Crippen molar-refractivity contribution in [1.29, 1.82) is 0 Å². The number of nitrogens with zero attached hydrogens (tertiary/aromatic N) is 4. The Morgan fingerprint density at radius 1 is 1.50 bits per heavy atom. The Kier molecular flexibility index (Phi) is 3.74. The van der Waals surface area contributed by atoms with Gasteiger partial charge in [-0.3, -0.25) is 4.79 Å². The van der Waals surface area contributed by atoms with Gasteiger partial charge in [-0.1, -0.05) is 5.21 Å². The quantitative estimate of drug-likeness (QED) is 0.930. The Hall–Kier alpha value is -2.15. The number of carbonyl (C=O) groups excluding carboxylic acids is 1. The first-order chi connectivity index (χ1) is 10.5. The number of carbonyl (C=O) groups is 1. The van der Waals surface area contributed by atoms with E-state index in [0.29, 0.717) is 30.6 Å². The average Bonchev–Trinajstić information content (AvgIpc) is 3.18. The van der Waals surface area contributed by atoms with Crippen molar-refractivity contribution in [2.45, 2.75) is 38.3 Å². The first kappa shape index (κ1) is 14.8. The van der Waals surface area contributed by atoms with Gasteiger partial charge in [0.25, 0.3) is 5.91 Å². The first-order valence-electron chi connectivity index (χ1n) is 7.46. The summed E-state index contributed by atoms with van der Waals surface area (Å²) in [5, 5.41) is 19.1. The van der Waals surface area contributed by atoms with E-state index in [0.717, 1.165) is 0 Å². The fraction of sp³-hybridized carbons (Fsp3) is 0.533. The standard InChI is InChI=1S/C15H20N4O3/c1-11(2)19-8-13(16-17-19)15(21)5-3-6-18(10-15)14(20)12-4-7-22-9-12/h4,7-9,11,21H,3,5-6,10H2,1-2H3/t15-/m0/s1. The van der Waals surface area contributed by atoms with Crippen molar-refractivity contribution >= 4 is 5.91 Å². The molecule has 118 valence electrons. The highest BCUT2D eigenvalue weighted by atomic mass is 16.3. The zero-order valence-electron chi connectivity index (χ0n) is 12.8. The number of rotatable bonds is 3. The van der Waals surface area contributed by atoms with Gasteiger partial charge in [0.15, 0.2) is 0 Å². The smallest absolute Gasteiger partial charge is 0.257 e. The van der Waals surface area contributed by atoms with E-state index in [2.05, 4.69) is 10.3 Å². The van der Waals surface area contributed by atoms with Crippen LogP contribution in [0.2, 0.25) is 0 Å². The Morgan fingerprint density at radius 3 is 2.95 bits per heavy atom. The topological polar surface area (TPSA) is 84.4 Å². The number of aliphatic hydroxyl groups is 1. The summed E-state index contributed by atoms with van der Waals surface area (Å²) in [6.45, 7) is 4.83. The molecule has 2 aromatic rings. The SMILES string of the molecule is CC(C)n1cc([C@]2(O)CCCN(C(=O)c3ccoc3)C2)nn1. The zero-order valence-corrected chi connectivity index (χ0v) is 12.8. The minimum absolute atomic E-state index is 0.136. The number of furan rings is 1. The maximum absolute atomic E-state index is 12.4. The Balaban J connectivity index is 1.80. The van der Waals surface area contributed by atoms with E-state index >= 15 is 0 Å². The van der Waals surface area contributed by atoms with Crippen molar-refractivity contribution in [3.05, 3.63) is 36.0 Å². The third-order valence-electron chi connectivity index (χ3n) is 4.04. The summed E-state index contributed by atoms with van der Waals surface area (Å²) in [5.41, 5.74) is -0.133. The van der Waals surface area contributed by atoms with Crippen LogP contribution in [-0.4, -0.2) is 44.0 Å². The molecule has 0 saturated carbocycles. The Labute approximate surface area is 128 Å². The highest BCUT2D eigenvalue weighted by Crippen LogP contribution is 2.31. The lowest BCUT2D eigenvalue weighted by Crippen LogP contribution is -2.48. The second-order valence-electron chi connectivity index (χ2n) is 6.05. The molecular weight excluding hydrogens is 284 g/mol. The largest absolute Gasteiger partial charge is 0.472 e. The van der Waals surface area contributed by atoms with Gasteiger partial charge in [-0.05, 0) is 32.8 Å². The molecule has 0 spiro atoms. The lowest BCUT2D eigenvalue weighted by molar-refractivity contribution is -0.0320. The molecule has 3 heterocycles. The van der Waals surface area contributed by atoms with Crippen LogP contribution >= 0.6 is 0 Å². The zero-order chi connectivity index (χ0) is 15.7. The highest BCUT2D eigenvalue weighted by molar-refractivity contribution is 5.93. The summed E-state index contributed by atoms with van der Waals surface area (Å²) in [6.07, 6.45) is 5.94. The van der Waals surface area contributed by atoms with Gasteiger partial charge >= 0.3 is 0 Å². The van der Waals surface area contributed by atoms with Crippen molar-refractivity contribution in [3.8, 4) is 0 Å². The molecule has 7 nitrogen and oxygen atoms in total. The fourth-order valence-corrected chi connectivity index (χ4v) is 2.73. The van der Waals surface area contributed by atoms with Crippen molar-refractivity contribution in [3.63, 3.8) is 0 Å². The van der Waals surface area contributed by atoms with E-state index in [-0.39, 0.29) is 18.5 Å². The molecule has 1 saturated heterocycles. The van der Waals surface area contributed by atoms with Gasteiger partial charge in [0.2, 0.25) is 0 Å².